The van der Waals surface area contributed by atoms with Crippen LogP contribution in [-0.2, 0) is 17.6 Å². The van der Waals surface area contributed by atoms with Crippen LogP contribution in [0.4, 0.5) is 0 Å². The number of likely N-dealkylation sites (N-methyl/N-ethyl adjacent to an activating group) is 1. The normalized spacial score (nSPS) is 10.8. The van der Waals surface area contributed by atoms with Gasteiger partial charge in [-0.1, -0.05) is 29.8 Å². The van der Waals surface area contributed by atoms with Gasteiger partial charge in [-0.2, -0.15) is 0 Å². The van der Waals surface area contributed by atoms with Crippen molar-refractivity contribution in [2.45, 2.75) is 12.8 Å². The Kier molecular flexibility index (Phi) is 11.5. The molecule has 1 amide bonds. The molecular formula is C20H27ClIN5O. The number of amides is 1. The third-order valence-electron chi connectivity index (χ3n) is 4.11. The Hall–Kier alpha value is -1.87. The van der Waals surface area contributed by atoms with Crippen molar-refractivity contribution in [3.63, 3.8) is 0 Å². The molecule has 2 aromatic rings. The van der Waals surface area contributed by atoms with Crippen molar-refractivity contribution in [3.05, 3.63) is 64.9 Å². The maximum absolute atomic E-state index is 12.3. The van der Waals surface area contributed by atoms with E-state index in [9.17, 15) is 4.79 Å². The molecule has 0 aliphatic heterocycles. The quantitative estimate of drug-likeness (QED) is 0.322. The van der Waals surface area contributed by atoms with E-state index in [2.05, 4.69) is 20.6 Å². The van der Waals surface area contributed by atoms with Crippen molar-refractivity contribution in [2.75, 3.05) is 33.7 Å². The van der Waals surface area contributed by atoms with Crippen molar-refractivity contribution in [1.82, 2.24) is 20.5 Å². The molecule has 0 spiro atoms. The smallest absolute Gasteiger partial charge is 0.241 e. The standard InChI is InChI=1S/C20H26ClN5O.HI/c1-22-20(24-13-10-16-6-8-17(21)9-7-16)25-15-19(27)26(2)14-11-18-5-3-4-12-23-18;/h3-9,12H,10-11,13-15H2,1-2H3,(H2,22,24,25);1H. The van der Waals surface area contributed by atoms with E-state index in [1.165, 1.54) is 5.56 Å². The lowest BCUT2D eigenvalue weighted by Crippen LogP contribution is -2.44. The molecule has 8 heteroatoms. The predicted octanol–water partition coefficient (Wildman–Crippen LogP) is 2.76. The van der Waals surface area contributed by atoms with Crippen LogP contribution in [0, 0.1) is 0 Å². The lowest BCUT2D eigenvalue weighted by Gasteiger charge is -2.18. The van der Waals surface area contributed by atoms with Crippen molar-refractivity contribution >= 4 is 47.4 Å². The van der Waals surface area contributed by atoms with Crippen LogP contribution in [0.25, 0.3) is 0 Å². The van der Waals surface area contributed by atoms with Gasteiger partial charge < -0.3 is 15.5 Å². The Morgan fingerprint density at radius 2 is 1.89 bits per heavy atom. The molecule has 1 aromatic heterocycles. The second kappa shape index (κ2) is 13.3. The van der Waals surface area contributed by atoms with Gasteiger partial charge in [0.1, 0.15) is 0 Å². The first-order valence-electron chi connectivity index (χ1n) is 8.91. The molecule has 0 aliphatic rings. The molecule has 152 valence electrons. The lowest BCUT2D eigenvalue weighted by atomic mass is 10.1. The summed E-state index contributed by atoms with van der Waals surface area (Å²) in [6, 6.07) is 13.6. The first-order chi connectivity index (χ1) is 13.1. The van der Waals surface area contributed by atoms with Gasteiger partial charge in [0.05, 0.1) is 6.54 Å². The van der Waals surface area contributed by atoms with Gasteiger partial charge in [0.25, 0.3) is 0 Å². The zero-order chi connectivity index (χ0) is 19.5. The van der Waals surface area contributed by atoms with Gasteiger partial charge in [-0.05, 0) is 36.2 Å². The van der Waals surface area contributed by atoms with Crippen LogP contribution in [-0.4, -0.2) is 55.5 Å². The summed E-state index contributed by atoms with van der Waals surface area (Å²) in [6.45, 7) is 1.53. The SMILES string of the molecule is CN=C(NCCc1ccc(Cl)cc1)NCC(=O)N(C)CCc1ccccn1.I. The number of carbonyl (C=O) groups excluding carboxylic acids is 1. The molecule has 0 saturated carbocycles. The number of rotatable bonds is 8. The summed E-state index contributed by atoms with van der Waals surface area (Å²) in [5.74, 6) is 0.613. The number of hydrogen-bond acceptors (Lipinski definition) is 3. The highest BCUT2D eigenvalue weighted by atomic mass is 127. The Bertz CT molecular complexity index is 740. The lowest BCUT2D eigenvalue weighted by molar-refractivity contribution is -0.128. The van der Waals surface area contributed by atoms with E-state index >= 15 is 0 Å². The summed E-state index contributed by atoms with van der Waals surface area (Å²) >= 11 is 5.89. The average molecular weight is 516 g/mol. The number of nitrogens with one attached hydrogen (secondary N) is 2. The van der Waals surface area contributed by atoms with E-state index in [0.29, 0.717) is 19.0 Å². The highest BCUT2D eigenvalue weighted by molar-refractivity contribution is 14.0. The Morgan fingerprint density at radius 3 is 2.54 bits per heavy atom. The molecule has 0 fully saturated rings. The molecule has 0 atom stereocenters. The van der Waals surface area contributed by atoms with E-state index in [-0.39, 0.29) is 36.4 Å². The average Bonchev–Trinajstić information content (AvgIpc) is 2.70. The van der Waals surface area contributed by atoms with Crippen LogP contribution in [0.1, 0.15) is 11.3 Å². The topological polar surface area (TPSA) is 69.6 Å². The molecule has 2 N–H and O–H groups in total. The van der Waals surface area contributed by atoms with Gasteiger partial charge >= 0.3 is 0 Å². The Labute approximate surface area is 188 Å². The van der Waals surface area contributed by atoms with E-state index in [1.807, 2.05) is 42.5 Å². The van der Waals surface area contributed by atoms with Gasteiger partial charge in [-0.3, -0.25) is 14.8 Å². The van der Waals surface area contributed by atoms with Crippen LogP contribution >= 0.6 is 35.6 Å². The van der Waals surface area contributed by atoms with Gasteiger partial charge in [0, 0.05) is 50.5 Å². The van der Waals surface area contributed by atoms with Crippen LogP contribution in [0.5, 0.6) is 0 Å². The van der Waals surface area contributed by atoms with Gasteiger partial charge in [-0.25, -0.2) is 0 Å². The molecule has 0 aliphatic carbocycles. The van der Waals surface area contributed by atoms with Crippen molar-refractivity contribution in [3.8, 4) is 0 Å². The third-order valence-corrected chi connectivity index (χ3v) is 4.36. The number of nitrogens with zero attached hydrogens (tertiary/aromatic N) is 3. The molecule has 0 radical (unpaired) electrons. The first-order valence-corrected chi connectivity index (χ1v) is 9.29. The van der Waals surface area contributed by atoms with E-state index < -0.39 is 0 Å². The zero-order valence-corrected chi connectivity index (χ0v) is 19.3. The van der Waals surface area contributed by atoms with E-state index in [1.54, 1.807) is 25.2 Å². The highest BCUT2D eigenvalue weighted by Gasteiger charge is 2.09. The zero-order valence-electron chi connectivity index (χ0n) is 16.2. The van der Waals surface area contributed by atoms with Crippen LogP contribution in [0.15, 0.2) is 53.7 Å². The largest absolute Gasteiger partial charge is 0.356 e. The number of guanidine groups is 1. The van der Waals surface area contributed by atoms with Crippen LogP contribution in [0.2, 0.25) is 5.02 Å². The maximum atomic E-state index is 12.3. The van der Waals surface area contributed by atoms with Crippen LogP contribution in [0.3, 0.4) is 0 Å². The molecule has 0 bridgehead atoms. The molecule has 1 aromatic carbocycles. The molecule has 0 saturated heterocycles. The summed E-state index contributed by atoms with van der Waals surface area (Å²) < 4.78 is 0. The van der Waals surface area contributed by atoms with Gasteiger partial charge in [-0.15, -0.1) is 24.0 Å². The fraction of sp³-hybridized carbons (Fsp3) is 0.350. The number of aromatic nitrogens is 1. The Morgan fingerprint density at radius 1 is 1.14 bits per heavy atom. The monoisotopic (exact) mass is 515 g/mol. The third kappa shape index (κ3) is 8.88. The summed E-state index contributed by atoms with van der Waals surface area (Å²) in [4.78, 5) is 22.4. The summed E-state index contributed by atoms with van der Waals surface area (Å²) in [5, 5.41) is 7.00. The van der Waals surface area contributed by atoms with Crippen molar-refractivity contribution in [2.24, 2.45) is 4.99 Å². The molecule has 0 unspecified atom stereocenters. The fourth-order valence-corrected chi connectivity index (χ4v) is 2.57. The number of benzene rings is 1. The van der Waals surface area contributed by atoms with Gasteiger partial charge in [0.15, 0.2) is 5.96 Å². The minimum atomic E-state index is 0. The number of hydrogen-bond donors (Lipinski definition) is 2. The summed E-state index contributed by atoms with van der Waals surface area (Å²) in [7, 11) is 3.48. The predicted molar refractivity (Wildman–Crippen MR) is 126 cm³/mol. The summed E-state index contributed by atoms with van der Waals surface area (Å²) in [6.07, 6.45) is 3.34. The second-order valence-corrected chi connectivity index (χ2v) is 6.55. The molecular weight excluding hydrogens is 489 g/mol. The van der Waals surface area contributed by atoms with Crippen molar-refractivity contribution < 1.29 is 4.79 Å². The van der Waals surface area contributed by atoms with Crippen molar-refractivity contribution in [1.29, 1.82) is 0 Å². The minimum Gasteiger partial charge on any atom is -0.356 e. The molecule has 1 heterocycles. The fourth-order valence-electron chi connectivity index (χ4n) is 2.44. The first kappa shape index (κ1) is 24.2. The van der Waals surface area contributed by atoms with E-state index in [0.717, 1.165) is 23.6 Å². The molecule has 2 rings (SSSR count). The highest BCUT2D eigenvalue weighted by Crippen LogP contribution is 2.09. The summed E-state index contributed by atoms with van der Waals surface area (Å²) in [5.41, 5.74) is 2.16. The maximum Gasteiger partial charge on any atom is 0.241 e. The minimum absolute atomic E-state index is 0. The molecule has 28 heavy (non-hydrogen) atoms. The Balaban J connectivity index is 0.00000392. The molecule has 6 nitrogen and oxygen atoms in total. The number of carbonyl (C=O) groups is 1. The van der Waals surface area contributed by atoms with Gasteiger partial charge in [0.2, 0.25) is 5.91 Å². The second-order valence-electron chi connectivity index (χ2n) is 6.12. The number of pyridine rings is 1. The number of halogens is 2. The number of aliphatic imine (C=N–C) groups is 1. The van der Waals surface area contributed by atoms with E-state index in [4.69, 9.17) is 11.6 Å². The van der Waals surface area contributed by atoms with Crippen LogP contribution < -0.4 is 10.6 Å².